The van der Waals surface area contributed by atoms with Crippen LogP contribution in [0.25, 0.3) is 134 Å². The summed E-state index contributed by atoms with van der Waals surface area (Å²) >= 11 is 0. The maximum atomic E-state index is 6.50. The van der Waals surface area contributed by atoms with E-state index < -0.39 is 0 Å². The third kappa shape index (κ3) is 8.70. The van der Waals surface area contributed by atoms with Gasteiger partial charge in [-0.25, -0.2) is 9.36 Å². The number of hydrogen-bond acceptors (Lipinski definition) is 4. The Kier molecular flexibility index (Phi) is 11.4. The number of rotatable bonds is 11. The average Bonchev–Trinajstić information content (AvgIpc) is 4.30. The maximum Gasteiger partial charge on any atom is 0.136 e. The van der Waals surface area contributed by atoms with Gasteiger partial charge in [-0.05, 0) is 151 Å². The van der Waals surface area contributed by atoms with Gasteiger partial charge in [0, 0.05) is 51.6 Å². The second kappa shape index (κ2) is 19.4. The summed E-state index contributed by atoms with van der Waals surface area (Å²) in [6.45, 7) is 0. The van der Waals surface area contributed by atoms with Crippen molar-refractivity contribution >= 4 is 21.9 Å². The van der Waals surface area contributed by atoms with E-state index in [0.717, 1.165) is 128 Å². The highest BCUT2D eigenvalue weighted by atomic mass is 16.3. The number of aromatic nitrogens is 5. The summed E-state index contributed by atoms with van der Waals surface area (Å²) in [5.41, 5.74) is 23.2. The van der Waals surface area contributed by atoms with Crippen LogP contribution in [0.4, 0.5) is 0 Å². The molecule has 0 bridgehead atoms. The Morgan fingerprint density at radius 1 is 0.260 bits per heavy atom. The van der Waals surface area contributed by atoms with E-state index in [0.29, 0.717) is 0 Å². The molecule has 0 radical (unpaired) electrons. The molecular formula is C71H47N5O. The van der Waals surface area contributed by atoms with Crippen LogP contribution in [0.2, 0.25) is 0 Å². The number of pyridine rings is 1. The smallest absolute Gasteiger partial charge is 0.136 e. The van der Waals surface area contributed by atoms with Crippen LogP contribution in [0, 0.1) is 0 Å². The van der Waals surface area contributed by atoms with Crippen molar-refractivity contribution in [1.29, 1.82) is 0 Å². The molecule has 0 unspecified atom stereocenters. The number of fused-ring (bicyclic) bond motifs is 3. The predicted octanol–water partition coefficient (Wildman–Crippen LogP) is 18.4. The maximum absolute atomic E-state index is 6.50. The molecule has 10 aromatic carbocycles. The lowest BCUT2D eigenvalue weighted by molar-refractivity contribution is 0.669. The van der Waals surface area contributed by atoms with Gasteiger partial charge in [-0.2, -0.15) is 10.2 Å². The summed E-state index contributed by atoms with van der Waals surface area (Å²) in [7, 11) is 0. The fraction of sp³-hybridized carbons (Fsp3) is 0. The third-order valence-electron chi connectivity index (χ3n) is 14.6. The average molecular weight is 986 g/mol. The lowest BCUT2D eigenvalue weighted by atomic mass is 9.87. The Labute approximate surface area is 446 Å². The van der Waals surface area contributed by atoms with Gasteiger partial charge >= 0.3 is 0 Å². The second-order valence-electron chi connectivity index (χ2n) is 19.4. The zero-order chi connectivity index (χ0) is 51.1. The standard InChI is InChI=1S/C71H47N5O/c1-4-17-48(18-5-1)50-31-34-67-68-35-32-51(42-71(68)77-70(67)41-50)49-19-16-20-52(37-49)69-36-33-53(43-72-69)61-25-10-11-26-62(61)54-38-55(63-27-12-14-29-65(63)57-44-73-75(46-57)59-21-6-2-7-22-59)40-56(39-54)64-28-13-15-30-66(64)58-45-74-76(47-58)60-23-8-3-9-24-60/h1-47H. The fourth-order valence-electron chi connectivity index (χ4n) is 10.8. The molecule has 0 amide bonds. The van der Waals surface area contributed by atoms with Crippen molar-refractivity contribution < 1.29 is 4.42 Å². The molecule has 0 aliphatic carbocycles. The van der Waals surface area contributed by atoms with Crippen LogP contribution in [0.15, 0.2) is 290 Å². The van der Waals surface area contributed by atoms with E-state index in [9.17, 15) is 0 Å². The molecule has 0 saturated heterocycles. The zero-order valence-corrected chi connectivity index (χ0v) is 41.8. The minimum Gasteiger partial charge on any atom is -0.456 e. The van der Waals surface area contributed by atoms with Gasteiger partial charge in [0.2, 0.25) is 0 Å². The number of para-hydroxylation sites is 2. The minimum absolute atomic E-state index is 0.868. The molecule has 4 aromatic heterocycles. The number of hydrogen-bond donors (Lipinski definition) is 0. The molecule has 0 fully saturated rings. The molecule has 14 aromatic rings. The van der Waals surface area contributed by atoms with Crippen LogP contribution in [0.5, 0.6) is 0 Å². The highest BCUT2D eigenvalue weighted by molar-refractivity contribution is 6.07. The fourth-order valence-corrected chi connectivity index (χ4v) is 10.8. The summed E-state index contributed by atoms with van der Waals surface area (Å²) in [4.78, 5) is 5.14. The van der Waals surface area contributed by atoms with Gasteiger partial charge < -0.3 is 4.42 Å². The number of furan rings is 1. The van der Waals surface area contributed by atoms with Crippen molar-refractivity contribution in [3.05, 3.63) is 286 Å². The molecule has 0 aliphatic rings. The van der Waals surface area contributed by atoms with Gasteiger partial charge in [-0.15, -0.1) is 0 Å². The van der Waals surface area contributed by atoms with Gasteiger partial charge in [0.25, 0.3) is 0 Å². The first-order valence-corrected chi connectivity index (χ1v) is 25.9. The van der Waals surface area contributed by atoms with Crippen molar-refractivity contribution in [2.75, 3.05) is 0 Å². The molecule has 0 atom stereocenters. The van der Waals surface area contributed by atoms with Crippen LogP contribution in [-0.2, 0) is 0 Å². The Hall–Kier alpha value is -10.4. The molecule has 362 valence electrons. The monoisotopic (exact) mass is 985 g/mol. The third-order valence-corrected chi connectivity index (χ3v) is 14.6. The lowest BCUT2D eigenvalue weighted by Gasteiger charge is -2.17. The number of nitrogens with zero attached hydrogens (tertiary/aromatic N) is 5. The molecular weight excluding hydrogens is 939 g/mol. The van der Waals surface area contributed by atoms with Crippen molar-refractivity contribution in [3.63, 3.8) is 0 Å². The van der Waals surface area contributed by atoms with E-state index in [1.54, 1.807) is 0 Å². The Bertz CT molecular complexity index is 4300. The van der Waals surface area contributed by atoms with Crippen molar-refractivity contribution in [2.24, 2.45) is 0 Å². The van der Waals surface area contributed by atoms with Gasteiger partial charge in [-0.1, -0.05) is 176 Å². The first kappa shape index (κ1) is 45.2. The zero-order valence-electron chi connectivity index (χ0n) is 41.8. The van der Waals surface area contributed by atoms with E-state index in [4.69, 9.17) is 19.6 Å². The van der Waals surface area contributed by atoms with E-state index in [1.165, 1.54) is 5.56 Å². The van der Waals surface area contributed by atoms with Crippen molar-refractivity contribution in [3.8, 4) is 112 Å². The van der Waals surface area contributed by atoms with Crippen LogP contribution in [0.3, 0.4) is 0 Å². The molecule has 0 aliphatic heterocycles. The van der Waals surface area contributed by atoms with Crippen LogP contribution < -0.4 is 0 Å². The van der Waals surface area contributed by atoms with Crippen LogP contribution in [-0.4, -0.2) is 24.5 Å². The summed E-state index contributed by atoms with van der Waals surface area (Å²) < 4.78 is 10.4. The van der Waals surface area contributed by atoms with Crippen molar-refractivity contribution in [1.82, 2.24) is 24.5 Å². The van der Waals surface area contributed by atoms with E-state index >= 15 is 0 Å². The summed E-state index contributed by atoms with van der Waals surface area (Å²) in [6.07, 6.45) is 10.2. The van der Waals surface area contributed by atoms with E-state index in [2.05, 4.69) is 225 Å². The summed E-state index contributed by atoms with van der Waals surface area (Å²) in [5.74, 6) is 0. The van der Waals surface area contributed by atoms with Crippen LogP contribution in [0.1, 0.15) is 0 Å². The quantitative estimate of drug-likeness (QED) is 0.130. The van der Waals surface area contributed by atoms with Crippen LogP contribution >= 0.6 is 0 Å². The SMILES string of the molecule is c1ccc(-c2ccc3c(c2)oc2cc(-c4cccc(-c5ccc(-c6ccccc6-c6cc(-c7ccccc7-c7cnn(-c8ccccc8)c7)cc(-c7ccccc7-c7cnn(-c8ccccc8)c7)c6)cn5)c4)ccc23)cc1. The molecule has 6 heteroatoms. The molecule has 0 spiro atoms. The summed E-state index contributed by atoms with van der Waals surface area (Å²) in [6, 6.07) is 89.8. The van der Waals surface area contributed by atoms with E-state index in [1.807, 2.05) is 70.4 Å². The summed E-state index contributed by atoms with van der Waals surface area (Å²) in [5, 5.41) is 11.8. The van der Waals surface area contributed by atoms with Gasteiger partial charge in [0.05, 0.1) is 29.5 Å². The normalized spacial score (nSPS) is 11.4. The largest absolute Gasteiger partial charge is 0.456 e. The topological polar surface area (TPSA) is 61.7 Å². The first-order chi connectivity index (χ1) is 38.1. The molecule has 77 heavy (non-hydrogen) atoms. The molecule has 6 nitrogen and oxygen atoms in total. The number of benzene rings is 10. The van der Waals surface area contributed by atoms with E-state index in [-0.39, 0.29) is 0 Å². The van der Waals surface area contributed by atoms with Gasteiger partial charge in [-0.3, -0.25) is 4.98 Å². The minimum atomic E-state index is 0.868. The first-order valence-electron chi connectivity index (χ1n) is 25.9. The Morgan fingerprint density at radius 2 is 0.636 bits per heavy atom. The molecule has 0 N–H and O–H groups in total. The van der Waals surface area contributed by atoms with Gasteiger partial charge in [0.1, 0.15) is 11.2 Å². The van der Waals surface area contributed by atoms with Crippen molar-refractivity contribution in [2.45, 2.75) is 0 Å². The highest BCUT2D eigenvalue weighted by Crippen LogP contribution is 2.43. The molecule has 0 saturated carbocycles. The molecule has 14 rings (SSSR count). The Morgan fingerprint density at radius 3 is 1.12 bits per heavy atom. The van der Waals surface area contributed by atoms with Gasteiger partial charge in [0.15, 0.2) is 0 Å². The Balaban J connectivity index is 0.831. The second-order valence-corrected chi connectivity index (χ2v) is 19.4. The highest BCUT2D eigenvalue weighted by Gasteiger charge is 2.19. The predicted molar refractivity (Wildman–Crippen MR) is 315 cm³/mol. The lowest BCUT2D eigenvalue weighted by Crippen LogP contribution is -1.93. The molecule has 4 heterocycles.